The third-order valence-electron chi connectivity index (χ3n) is 2.63. The van der Waals surface area contributed by atoms with Gasteiger partial charge in [0.25, 0.3) is 0 Å². The van der Waals surface area contributed by atoms with E-state index in [0.717, 1.165) is 23.6 Å². The number of rotatable bonds is 2. The van der Waals surface area contributed by atoms with Gasteiger partial charge in [-0.05, 0) is 31.0 Å². The Hall–Kier alpha value is -1.64. The molecule has 0 fully saturated rings. The maximum atomic E-state index is 4.40. The molecule has 1 heterocycles. The lowest BCUT2D eigenvalue weighted by Crippen LogP contribution is -1.85. The van der Waals surface area contributed by atoms with E-state index in [2.05, 4.69) is 54.2 Å². The van der Waals surface area contributed by atoms with Gasteiger partial charge in [0, 0.05) is 12.0 Å². The topological polar surface area (TPSA) is 41.6 Å². The summed E-state index contributed by atoms with van der Waals surface area (Å²) in [4.78, 5) is 4.40. The van der Waals surface area contributed by atoms with E-state index in [1.165, 1.54) is 11.1 Å². The summed E-state index contributed by atoms with van der Waals surface area (Å²) < 4.78 is 0. The van der Waals surface area contributed by atoms with E-state index >= 15 is 0 Å². The molecule has 2 rings (SSSR count). The van der Waals surface area contributed by atoms with Gasteiger partial charge in [-0.15, -0.1) is 0 Å². The molecule has 1 aromatic carbocycles. The first-order valence-corrected chi connectivity index (χ1v) is 5.19. The summed E-state index contributed by atoms with van der Waals surface area (Å²) in [5.41, 5.74) is 3.65. The van der Waals surface area contributed by atoms with Crippen molar-refractivity contribution >= 4 is 0 Å². The molecule has 0 amide bonds. The summed E-state index contributed by atoms with van der Waals surface area (Å²) in [7, 11) is 0. The monoisotopic (exact) mass is 201 g/mol. The minimum Gasteiger partial charge on any atom is -0.263 e. The first-order chi connectivity index (χ1) is 7.20. The van der Waals surface area contributed by atoms with Crippen LogP contribution in [0, 0.1) is 13.8 Å². The molecule has 0 saturated carbocycles. The lowest BCUT2D eigenvalue weighted by atomic mass is 10.1. The molecule has 0 bridgehead atoms. The molecule has 1 aromatic heterocycles. The van der Waals surface area contributed by atoms with E-state index in [9.17, 15) is 0 Å². The molecule has 0 aliphatic heterocycles. The summed E-state index contributed by atoms with van der Waals surface area (Å²) >= 11 is 0. The molecule has 0 aliphatic carbocycles. The van der Waals surface area contributed by atoms with Crippen molar-refractivity contribution in [3.8, 4) is 11.4 Å². The third kappa shape index (κ3) is 1.91. The second-order valence-electron chi connectivity index (χ2n) is 3.76. The molecule has 0 aliphatic rings. The average molecular weight is 201 g/mol. The van der Waals surface area contributed by atoms with Crippen molar-refractivity contribution in [2.45, 2.75) is 27.2 Å². The van der Waals surface area contributed by atoms with Crippen molar-refractivity contribution in [3.05, 3.63) is 35.2 Å². The van der Waals surface area contributed by atoms with Gasteiger partial charge in [0.05, 0.1) is 0 Å². The maximum Gasteiger partial charge on any atom is 0.181 e. The summed E-state index contributed by atoms with van der Waals surface area (Å²) in [6.07, 6.45) is 0.887. The number of hydrogen-bond acceptors (Lipinski definition) is 2. The molecule has 15 heavy (non-hydrogen) atoms. The van der Waals surface area contributed by atoms with Crippen molar-refractivity contribution < 1.29 is 0 Å². The number of nitrogens with zero attached hydrogens (tertiary/aromatic N) is 2. The number of aromatic amines is 1. The van der Waals surface area contributed by atoms with E-state index < -0.39 is 0 Å². The number of H-pyrrole nitrogens is 1. The second kappa shape index (κ2) is 3.85. The zero-order valence-corrected chi connectivity index (χ0v) is 9.33. The highest BCUT2D eigenvalue weighted by molar-refractivity contribution is 5.56. The highest BCUT2D eigenvalue weighted by Gasteiger charge is 2.05. The fraction of sp³-hybridized carbons (Fsp3) is 0.333. The predicted molar refractivity (Wildman–Crippen MR) is 60.7 cm³/mol. The van der Waals surface area contributed by atoms with Crippen molar-refractivity contribution in [2.75, 3.05) is 0 Å². The zero-order chi connectivity index (χ0) is 10.8. The first kappa shape index (κ1) is 9.90. The standard InChI is InChI=1S/C12H15N3/c1-4-11-13-12(15-14-11)10-6-5-8(2)9(3)7-10/h5-7H,4H2,1-3H3,(H,13,14,15). The molecule has 0 atom stereocenters. The Bertz CT molecular complexity index is 471. The molecule has 3 nitrogen and oxygen atoms in total. The normalized spacial score (nSPS) is 10.6. The van der Waals surface area contributed by atoms with Crippen LogP contribution in [0.25, 0.3) is 11.4 Å². The van der Waals surface area contributed by atoms with Gasteiger partial charge >= 0.3 is 0 Å². The summed E-state index contributed by atoms with van der Waals surface area (Å²) in [5.74, 6) is 1.72. The van der Waals surface area contributed by atoms with Crippen molar-refractivity contribution in [2.24, 2.45) is 0 Å². The Balaban J connectivity index is 2.40. The Morgan fingerprint density at radius 2 is 2.00 bits per heavy atom. The van der Waals surface area contributed by atoms with Crippen LogP contribution in [0.5, 0.6) is 0 Å². The zero-order valence-electron chi connectivity index (χ0n) is 9.33. The Morgan fingerprint density at radius 1 is 1.20 bits per heavy atom. The third-order valence-corrected chi connectivity index (χ3v) is 2.63. The van der Waals surface area contributed by atoms with Gasteiger partial charge in [-0.25, -0.2) is 4.98 Å². The van der Waals surface area contributed by atoms with Crippen molar-refractivity contribution in [1.82, 2.24) is 15.2 Å². The van der Waals surface area contributed by atoms with Crippen LogP contribution in [0.1, 0.15) is 23.9 Å². The highest BCUT2D eigenvalue weighted by atomic mass is 15.2. The molecule has 0 saturated heterocycles. The minimum atomic E-state index is 0.787. The van der Waals surface area contributed by atoms with E-state index in [1.807, 2.05) is 0 Å². The Labute approximate surface area is 89.6 Å². The summed E-state index contributed by atoms with van der Waals surface area (Å²) in [5, 5.41) is 7.12. The highest BCUT2D eigenvalue weighted by Crippen LogP contribution is 2.18. The quantitative estimate of drug-likeness (QED) is 0.811. The average Bonchev–Trinajstić information content (AvgIpc) is 2.70. The van der Waals surface area contributed by atoms with E-state index in [-0.39, 0.29) is 0 Å². The molecule has 0 radical (unpaired) electrons. The fourth-order valence-corrected chi connectivity index (χ4v) is 1.46. The van der Waals surface area contributed by atoms with Crippen LogP contribution in [0.15, 0.2) is 18.2 Å². The Kier molecular flexibility index (Phi) is 2.54. The molecule has 3 heteroatoms. The van der Waals surface area contributed by atoms with Crippen molar-refractivity contribution in [3.63, 3.8) is 0 Å². The number of aromatic nitrogens is 3. The number of aryl methyl sites for hydroxylation is 3. The van der Waals surface area contributed by atoms with Crippen LogP contribution < -0.4 is 0 Å². The lowest BCUT2D eigenvalue weighted by molar-refractivity contribution is 0.946. The summed E-state index contributed by atoms with van der Waals surface area (Å²) in [6.45, 7) is 6.27. The number of benzene rings is 1. The minimum absolute atomic E-state index is 0.787. The fourth-order valence-electron chi connectivity index (χ4n) is 1.46. The van der Waals surface area contributed by atoms with Gasteiger partial charge in [0.15, 0.2) is 5.82 Å². The van der Waals surface area contributed by atoms with Gasteiger partial charge in [0.1, 0.15) is 5.82 Å². The molecular weight excluding hydrogens is 186 g/mol. The number of nitrogens with one attached hydrogen (secondary N) is 1. The SMILES string of the molecule is CCc1nc(-c2ccc(C)c(C)c2)n[nH]1. The van der Waals surface area contributed by atoms with Gasteiger partial charge in [0.2, 0.25) is 0 Å². The Morgan fingerprint density at radius 3 is 2.60 bits per heavy atom. The van der Waals surface area contributed by atoms with E-state index in [1.54, 1.807) is 0 Å². The molecule has 0 unspecified atom stereocenters. The molecule has 78 valence electrons. The van der Waals surface area contributed by atoms with Crippen LogP contribution >= 0.6 is 0 Å². The van der Waals surface area contributed by atoms with E-state index in [4.69, 9.17) is 0 Å². The second-order valence-corrected chi connectivity index (χ2v) is 3.76. The molecule has 0 spiro atoms. The smallest absolute Gasteiger partial charge is 0.181 e. The van der Waals surface area contributed by atoms with Crippen molar-refractivity contribution in [1.29, 1.82) is 0 Å². The van der Waals surface area contributed by atoms with Gasteiger partial charge in [-0.1, -0.05) is 19.1 Å². The molecule has 2 aromatic rings. The van der Waals surface area contributed by atoms with Crippen LogP contribution in [0.2, 0.25) is 0 Å². The van der Waals surface area contributed by atoms with Gasteiger partial charge in [-0.3, -0.25) is 5.10 Å². The van der Waals surface area contributed by atoms with E-state index in [0.29, 0.717) is 0 Å². The van der Waals surface area contributed by atoms with Crippen LogP contribution in [0.3, 0.4) is 0 Å². The lowest BCUT2D eigenvalue weighted by Gasteiger charge is -2.01. The van der Waals surface area contributed by atoms with Crippen LogP contribution in [-0.2, 0) is 6.42 Å². The first-order valence-electron chi connectivity index (χ1n) is 5.19. The van der Waals surface area contributed by atoms with Crippen LogP contribution in [-0.4, -0.2) is 15.2 Å². The van der Waals surface area contributed by atoms with Gasteiger partial charge < -0.3 is 0 Å². The van der Waals surface area contributed by atoms with Crippen LogP contribution in [0.4, 0.5) is 0 Å². The van der Waals surface area contributed by atoms with Gasteiger partial charge in [-0.2, -0.15) is 5.10 Å². The predicted octanol–water partition coefficient (Wildman–Crippen LogP) is 2.65. The summed E-state index contributed by atoms with van der Waals surface area (Å²) in [6, 6.07) is 6.29. The number of hydrogen-bond donors (Lipinski definition) is 1. The molecule has 1 N–H and O–H groups in total. The maximum absolute atomic E-state index is 4.40. The largest absolute Gasteiger partial charge is 0.263 e. The molecular formula is C12H15N3.